The van der Waals surface area contributed by atoms with Gasteiger partial charge in [0.15, 0.2) is 0 Å². The molecular formula is C8H10N2O2S. The molecule has 1 aliphatic heterocycles. The van der Waals surface area contributed by atoms with E-state index < -0.39 is 0 Å². The molecule has 5 heteroatoms. The van der Waals surface area contributed by atoms with E-state index in [9.17, 15) is 4.79 Å². The van der Waals surface area contributed by atoms with E-state index in [4.69, 9.17) is 10.5 Å². The van der Waals surface area contributed by atoms with E-state index in [0.29, 0.717) is 13.1 Å². The van der Waals surface area contributed by atoms with Gasteiger partial charge >= 0.3 is 6.09 Å². The number of hydrogen-bond donors (Lipinski definition) is 1. The molecule has 0 radical (unpaired) electrons. The van der Waals surface area contributed by atoms with E-state index in [1.165, 1.54) is 11.3 Å². The highest BCUT2D eigenvalue weighted by molar-refractivity contribution is 7.14. The van der Waals surface area contributed by atoms with Crippen molar-refractivity contribution in [1.82, 2.24) is 0 Å². The molecule has 0 aromatic carbocycles. The van der Waals surface area contributed by atoms with Crippen LogP contribution in [0.5, 0.6) is 0 Å². The third-order valence-corrected chi connectivity index (χ3v) is 2.80. The number of anilines is 1. The Morgan fingerprint density at radius 2 is 2.62 bits per heavy atom. The molecular weight excluding hydrogens is 188 g/mol. The lowest BCUT2D eigenvalue weighted by molar-refractivity contribution is 0.145. The summed E-state index contributed by atoms with van der Waals surface area (Å²) in [5.41, 5.74) is 5.41. The van der Waals surface area contributed by atoms with Gasteiger partial charge in [0.25, 0.3) is 0 Å². The van der Waals surface area contributed by atoms with Crippen molar-refractivity contribution in [2.24, 2.45) is 5.73 Å². The fourth-order valence-electron chi connectivity index (χ4n) is 1.25. The van der Waals surface area contributed by atoms with Crippen LogP contribution in [-0.2, 0) is 4.74 Å². The molecule has 1 aromatic rings. The number of ether oxygens (including phenoxy) is 1. The molecule has 2 N–H and O–H groups in total. The van der Waals surface area contributed by atoms with Gasteiger partial charge in [0.05, 0.1) is 6.54 Å². The van der Waals surface area contributed by atoms with E-state index in [2.05, 4.69) is 0 Å². The monoisotopic (exact) mass is 198 g/mol. The molecule has 1 atom stereocenters. The van der Waals surface area contributed by atoms with Gasteiger partial charge in [-0.15, -0.1) is 11.3 Å². The summed E-state index contributed by atoms with van der Waals surface area (Å²) in [6.07, 6.45) is -0.451. The number of cyclic esters (lactones) is 1. The van der Waals surface area contributed by atoms with Crippen LogP contribution in [0.2, 0.25) is 0 Å². The predicted molar refractivity (Wildman–Crippen MR) is 51.0 cm³/mol. The second-order valence-electron chi connectivity index (χ2n) is 2.80. The van der Waals surface area contributed by atoms with Crippen LogP contribution in [0.25, 0.3) is 0 Å². The molecule has 0 aliphatic carbocycles. The highest BCUT2D eigenvalue weighted by atomic mass is 32.1. The van der Waals surface area contributed by atoms with Gasteiger partial charge in [-0.25, -0.2) is 4.79 Å². The first-order chi connectivity index (χ1) is 6.31. The van der Waals surface area contributed by atoms with E-state index in [-0.39, 0.29) is 12.2 Å². The first kappa shape index (κ1) is 8.52. The normalized spacial score (nSPS) is 22.1. The van der Waals surface area contributed by atoms with Crippen molar-refractivity contribution in [1.29, 1.82) is 0 Å². The van der Waals surface area contributed by atoms with Crippen molar-refractivity contribution in [3.8, 4) is 0 Å². The molecule has 1 amide bonds. The molecule has 13 heavy (non-hydrogen) atoms. The summed E-state index contributed by atoms with van der Waals surface area (Å²) in [6, 6.07) is 3.80. The number of nitrogens with zero attached hydrogens (tertiary/aromatic N) is 1. The molecule has 1 unspecified atom stereocenters. The van der Waals surface area contributed by atoms with E-state index in [0.717, 1.165) is 5.00 Å². The Kier molecular flexibility index (Phi) is 2.20. The summed E-state index contributed by atoms with van der Waals surface area (Å²) in [7, 11) is 0. The third kappa shape index (κ3) is 1.52. The van der Waals surface area contributed by atoms with E-state index in [1.54, 1.807) is 4.90 Å². The molecule has 1 fully saturated rings. The van der Waals surface area contributed by atoms with Crippen LogP contribution >= 0.6 is 11.3 Å². The molecule has 4 nitrogen and oxygen atoms in total. The molecule has 1 aromatic heterocycles. The minimum Gasteiger partial charge on any atom is -0.443 e. The number of carbonyl (C=O) groups excluding carboxylic acids is 1. The van der Waals surface area contributed by atoms with Crippen molar-refractivity contribution in [3.05, 3.63) is 17.5 Å². The lowest BCUT2D eigenvalue weighted by atomic mass is 10.3. The molecule has 1 aliphatic rings. The van der Waals surface area contributed by atoms with Crippen LogP contribution in [-0.4, -0.2) is 25.3 Å². The Labute approximate surface area is 79.9 Å². The highest BCUT2D eigenvalue weighted by Gasteiger charge is 2.31. The first-order valence-electron chi connectivity index (χ1n) is 4.03. The Morgan fingerprint density at radius 3 is 3.15 bits per heavy atom. The van der Waals surface area contributed by atoms with E-state index >= 15 is 0 Å². The Hall–Kier alpha value is -1.07. The van der Waals surface area contributed by atoms with Gasteiger partial charge in [-0.1, -0.05) is 0 Å². The zero-order valence-corrected chi connectivity index (χ0v) is 7.79. The fourth-order valence-corrected chi connectivity index (χ4v) is 1.98. The highest BCUT2D eigenvalue weighted by Crippen LogP contribution is 2.25. The average molecular weight is 198 g/mol. The predicted octanol–water partition coefficient (Wildman–Crippen LogP) is 1.03. The van der Waals surface area contributed by atoms with Crippen molar-refractivity contribution in [3.63, 3.8) is 0 Å². The zero-order chi connectivity index (χ0) is 9.26. The van der Waals surface area contributed by atoms with Gasteiger partial charge in [0.2, 0.25) is 0 Å². The minimum atomic E-state index is -0.294. The lowest BCUT2D eigenvalue weighted by Gasteiger charge is -2.08. The molecule has 1 saturated heterocycles. The maximum absolute atomic E-state index is 11.3. The molecule has 2 heterocycles. The van der Waals surface area contributed by atoms with Gasteiger partial charge in [-0.05, 0) is 17.5 Å². The van der Waals surface area contributed by atoms with Crippen LogP contribution in [0.4, 0.5) is 9.80 Å². The van der Waals surface area contributed by atoms with E-state index in [1.807, 2.05) is 17.5 Å². The van der Waals surface area contributed by atoms with Crippen molar-refractivity contribution in [2.75, 3.05) is 18.0 Å². The quantitative estimate of drug-likeness (QED) is 0.772. The molecule has 70 valence electrons. The van der Waals surface area contributed by atoms with Crippen LogP contribution in [0.3, 0.4) is 0 Å². The van der Waals surface area contributed by atoms with Crippen LogP contribution < -0.4 is 10.6 Å². The average Bonchev–Trinajstić information content (AvgIpc) is 2.72. The number of thiophene rings is 1. The number of rotatable bonds is 2. The van der Waals surface area contributed by atoms with Gasteiger partial charge < -0.3 is 10.5 Å². The molecule has 0 bridgehead atoms. The maximum atomic E-state index is 11.3. The summed E-state index contributed by atoms with van der Waals surface area (Å²) in [6.45, 7) is 0.948. The number of hydrogen-bond acceptors (Lipinski definition) is 4. The summed E-state index contributed by atoms with van der Waals surface area (Å²) in [5, 5.41) is 2.85. The van der Waals surface area contributed by atoms with Gasteiger partial charge in [-0.3, -0.25) is 4.90 Å². The Morgan fingerprint density at radius 1 is 1.77 bits per heavy atom. The van der Waals surface area contributed by atoms with Crippen molar-refractivity contribution in [2.45, 2.75) is 6.10 Å². The molecule has 2 rings (SSSR count). The minimum absolute atomic E-state index is 0.158. The number of amides is 1. The number of nitrogens with two attached hydrogens (primary N) is 1. The largest absolute Gasteiger partial charge is 0.443 e. The lowest BCUT2D eigenvalue weighted by Crippen LogP contribution is -2.26. The standard InChI is InChI=1S/C8H10N2O2S/c9-4-6-5-10(8(11)12-6)7-2-1-3-13-7/h1-3,6H,4-5,9H2. The van der Waals surface area contributed by atoms with Gasteiger partial charge in [0, 0.05) is 6.54 Å². The molecule has 0 saturated carbocycles. The summed E-state index contributed by atoms with van der Waals surface area (Å²) < 4.78 is 5.02. The second kappa shape index (κ2) is 3.35. The number of carbonyl (C=O) groups is 1. The zero-order valence-electron chi connectivity index (χ0n) is 6.97. The fraction of sp³-hybridized carbons (Fsp3) is 0.375. The SMILES string of the molecule is NCC1CN(c2cccs2)C(=O)O1. The van der Waals surface area contributed by atoms with Crippen molar-refractivity contribution >= 4 is 22.4 Å². The Bertz CT molecular complexity index is 299. The smallest absolute Gasteiger partial charge is 0.415 e. The van der Waals surface area contributed by atoms with Crippen LogP contribution in [0, 0.1) is 0 Å². The summed E-state index contributed by atoms with van der Waals surface area (Å²) >= 11 is 1.52. The summed E-state index contributed by atoms with van der Waals surface area (Å²) in [4.78, 5) is 12.9. The third-order valence-electron chi connectivity index (χ3n) is 1.91. The topological polar surface area (TPSA) is 55.6 Å². The van der Waals surface area contributed by atoms with Gasteiger partial charge in [0.1, 0.15) is 11.1 Å². The van der Waals surface area contributed by atoms with Crippen LogP contribution in [0.15, 0.2) is 17.5 Å². The van der Waals surface area contributed by atoms with Gasteiger partial charge in [-0.2, -0.15) is 0 Å². The molecule has 0 spiro atoms. The first-order valence-corrected chi connectivity index (χ1v) is 4.91. The maximum Gasteiger partial charge on any atom is 0.415 e. The second-order valence-corrected chi connectivity index (χ2v) is 3.73. The Balaban J connectivity index is 2.14. The van der Waals surface area contributed by atoms with Crippen molar-refractivity contribution < 1.29 is 9.53 Å². The van der Waals surface area contributed by atoms with Crippen LogP contribution in [0.1, 0.15) is 0 Å². The summed E-state index contributed by atoms with van der Waals surface area (Å²) in [5.74, 6) is 0.